The molecule has 0 heteroatoms. The van der Waals surface area contributed by atoms with Crippen LogP contribution < -0.4 is 0 Å². The lowest BCUT2D eigenvalue weighted by Crippen LogP contribution is -2.24. The SMILES string of the molecule is C=C(c1ccc(CCCC)cc1)[C@@]12CCC[C@@H]1CC(CCCCCC)=C2c1ccccc1. The highest BCUT2D eigenvalue weighted by molar-refractivity contribution is 5.90. The quantitative estimate of drug-likeness (QED) is 0.314. The molecule has 0 spiro atoms. The zero-order chi connectivity index (χ0) is 22.4. The molecular formula is C32H42. The van der Waals surface area contributed by atoms with Gasteiger partial charge in [0.05, 0.1) is 0 Å². The molecule has 2 aromatic rings. The molecule has 0 saturated heterocycles. The summed E-state index contributed by atoms with van der Waals surface area (Å²) in [4.78, 5) is 0. The topological polar surface area (TPSA) is 0 Å². The molecule has 4 rings (SSSR count). The maximum Gasteiger partial charge on any atom is 0.0239 e. The van der Waals surface area contributed by atoms with Gasteiger partial charge in [-0.2, -0.15) is 0 Å². The van der Waals surface area contributed by atoms with Crippen LogP contribution in [0.1, 0.15) is 101 Å². The predicted octanol–water partition coefficient (Wildman–Crippen LogP) is 9.66. The van der Waals surface area contributed by atoms with Gasteiger partial charge in [0.1, 0.15) is 0 Å². The van der Waals surface area contributed by atoms with Gasteiger partial charge < -0.3 is 0 Å². The number of hydrogen-bond acceptors (Lipinski definition) is 0. The van der Waals surface area contributed by atoms with Crippen LogP contribution in [0.4, 0.5) is 0 Å². The first-order valence-corrected chi connectivity index (χ1v) is 13.3. The van der Waals surface area contributed by atoms with Crippen molar-refractivity contribution in [3.63, 3.8) is 0 Å². The Bertz CT molecular complexity index is 914. The number of aryl methyl sites for hydroxylation is 1. The van der Waals surface area contributed by atoms with Crippen molar-refractivity contribution in [1.82, 2.24) is 0 Å². The molecule has 0 nitrogen and oxygen atoms in total. The first kappa shape index (κ1) is 23.1. The number of unbranched alkanes of at least 4 members (excludes halogenated alkanes) is 4. The van der Waals surface area contributed by atoms with Gasteiger partial charge >= 0.3 is 0 Å². The van der Waals surface area contributed by atoms with Crippen LogP contribution in [0, 0.1) is 11.3 Å². The fourth-order valence-electron chi connectivity index (χ4n) is 6.52. The van der Waals surface area contributed by atoms with E-state index in [-0.39, 0.29) is 5.41 Å². The Morgan fingerprint density at radius 2 is 1.62 bits per heavy atom. The second kappa shape index (κ2) is 10.7. The van der Waals surface area contributed by atoms with E-state index in [4.69, 9.17) is 6.58 Å². The Morgan fingerprint density at radius 3 is 2.34 bits per heavy atom. The van der Waals surface area contributed by atoms with E-state index in [0.29, 0.717) is 0 Å². The monoisotopic (exact) mass is 426 g/mol. The molecule has 32 heavy (non-hydrogen) atoms. The Morgan fingerprint density at radius 1 is 0.875 bits per heavy atom. The maximum absolute atomic E-state index is 4.82. The minimum Gasteiger partial charge on any atom is -0.0943 e. The third-order valence-corrected chi connectivity index (χ3v) is 8.17. The Kier molecular flexibility index (Phi) is 7.71. The lowest BCUT2D eigenvalue weighted by Gasteiger charge is -2.36. The van der Waals surface area contributed by atoms with Gasteiger partial charge in [-0.1, -0.05) is 113 Å². The van der Waals surface area contributed by atoms with Gasteiger partial charge in [0, 0.05) is 5.41 Å². The van der Waals surface area contributed by atoms with Crippen LogP contribution in [-0.4, -0.2) is 0 Å². The minimum atomic E-state index is 0.131. The fraction of sp³-hybridized carbons (Fsp3) is 0.500. The Labute approximate surface area is 196 Å². The van der Waals surface area contributed by atoms with Crippen LogP contribution in [-0.2, 0) is 6.42 Å². The average Bonchev–Trinajstić information content (AvgIpc) is 3.38. The van der Waals surface area contributed by atoms with Gasteiger partial charge in [0.2, 0.25) is 0 Å². The first-order chi connectivity index (χ1) is 15.7. The number of hydrogen-bond donors (Lipinski definition) is 0. The van der Waals surface area contributed by atoms with Gasteiger partial charge in [0.25, 0.3) is 0 Å². The molecule has 2 aromatic carbocycles. The average molecular weight is 427 g/mol. The van der Waals surface area contributed by atoms with E-state index in [2.05, 4.69) is 68.4 Å². The van der Waals surface area contributed by atoms with Crippen molar-refractivity contribution < 1.29 is 0 Å². The third-order valence-electron chi connectivity index (χ3n) is 8.17. The molecular weight excluding hydrogens is 384 g/mol. The van der Waals surface area contributed by atoms with Crippen LogP contribution in [0.5, 0.6) is 0 Å². The zero-order valence-electron chi connectivity index (χ0n) is 20.5. The smallest absolute Gasteiger partial charge is 0.0239 e. The summed E-state index contributed by atoms with van der Waals surface area (Å²) in [7, 11) is 0. The number of benzene rings is 2. The first-order valence-electron chi connectivity index (χ1n) is 13.3. The summed E-state index contributed by atoms with van der Waals surface area (Å²) >= 11 is 0. The van der Waals surface area contributed by atoms with Crippen LogP contribution >= 0.6 is 0 Å². The van der Waals surface area contributed by atoms with E-state index in [1.165, 1.54) is 99.3 Å². The summed E-state index contributed by atoms with van der Waals surface area (Å²) < 4.78 is 0. The highest BCUT2D eigenvalue weighted by Crippen LogP contribution is 2.66. The summed E-state index contributed by atoms with van der Waals surface area (Å²) in [5.74, 6) is 0.728. The standard InChI is InChI=1S/C32H42/c1-4-6-8-10-17-29-24-30-18-13-23-32(30,31(29)28-15-11-9-12-16-28)25(3)27-21-19-26(20-22-27)14-7-5-2/h9,11-12,15-16,19-22,30H,3-8,10,13-14,17-18,23-24H2,1-2H3/t30-,32+/m1/s1. The third kappa shape index (κ3) is 4.52. The van der Waals surface area contributed by atoms with Crippen molar-refractivity contribution >= 4 is 11.1 Å². The van der Waals surface area contributed by atoms with E-state index in [0.717, 1.165) is 5.92 Å². The van der Waals surface area contributed by atoms with Crippen LogP contribution in [0.25, 0.3) is 11.1 Å². The molecule has 0 heterocycles. The summed E-state index contributed by atoms with van der Waals surface area (Å²) in [6, 6.07) is 20.7. The number of fused-ring (bicyclic) bond motifs is 1. The van der Waals surface area contributed by atoms with Crippen LogP contribution in [0.2, 0.25) is 0 Å². The van der Waals surface area contributed by atoms with E-state index in [1.54, 1.807) is 11.1 Å². The van der Waals surface area contributed by atoms with Gasteiger partial charge in [-0.15, -0.1) is 0 Å². The van der Waals surface area contributed by atoms with E-state index >= 15 is 0 Å². The van der Waals surface area contributed by atoms with E-state index in [9.17, 15) is 0 Å². The summed E-state index contributed by atoms with van der Waals surface area (Å²) in [5.41, 5.74) is 9.16. The highest BCUT2D eigenvalue weighted by atomic mass is 14.6. The van der Waals surface area contributed by atoms with Crippen LogP contribution in [0.3, 0.4) is 0 Å². The Hall–Kier alpha value is -2.08. The molecule has 0 radical (unpaired) electrons. The van der Waals surface area contributed by atoms with Crippen molar-refractivity contribution in [3.05, 3.63) is 83.4 Å². The summed E-state index contributed by atoms with van der Waals surface area (Å²) in [6.45, 7) is 9.40. The number of rotatable bonds is 11. The molecule has 0 N–H and O–H groups in total. The summed E-state index contributed by atoms with van der Waals surface area (Å²) in [6.07, 6.45) is 15.6. The predicted molar refractivity (Wildman–Crippen MR) is 141 cm³/mol. The molecule has 1 saturated carbocycles. The van der Waals surface area contributed by atoms with Crippen molar-refractivity contribution in [2.75, 3.05) is 0 Å². The Balaban J connectivity index is 1.69. The van der Waals surface area contributed by atoms with Crippen molar-refractivity contribution in [1.29, 1.82) is 0 Å². The molecule has 2 aliphatic carbocycles. The molecule has 0 amide bonds. The van der Waals surface area contributed by atoms with Gasteiger partial charge in [-0.25, -0.2) is 0 Å². The molecule has 0 aromatic heterocycles. The second-order valence-electron chi connectivity index (χ2n) is 10.2. The molecule has 170 valence electrons. The van der Waals surface area contributed by atoms with Crippen molar-refractivity contribution in [2.45, 2.75) is 90.9 Å². The maximum atomic E-state index is 4.82. The van der Waals surface area contributed by atoms with E-state index in [1.807, 2.05) is 0 Å². The van der Waals surface area contributed by atoms with Crippen LogP contribution in [0.15, 0.2) is 66.7 Å². The molecule has 2 atom stereocenters. The molecule has 0 aliphatic heterocycles. The minimum absolute atomic E-state index is 0.131. The zero-order valence-corrected chi connectivity index (χ0v) is 20.5. The normalized spacial score (nSPS) is 22.4. The van der Waals surface area contributed by atoms with Crippen molar-refractivity contribution in [3.8, 4) is 0 Å². The largest absolute Gasteiger partial charge is 0.0943 e. The summed E-state index contributed by atoms with van der Waals surface area (Å²) in [5, 5.41) is 0. The fourth-order valence-corrected chi connectivity index (χ4v) is 6.52. The lowest BCUT2D eigenvalue weighted by atomic mass is 9.66. The lowest BCUT2D eigenvalue weighted by molar-refractivity contribution is 0.406. The second-order valence-corrected chi connectivity index (χ2v) is 10.2. The van der Waals surface area contributed by atoms with E-state index < -0.39 is 0 Å². The van der Waals surface area contributed by atoms with Crippen molar-refractivity contribution in [2.24, 2.45) is 11.3 Å². The number of allylic oxidation sites excluding steroid dienone is 3. The van der Waals surface area contributed by atoms with Gasteiger partial charge in [-0.3, -0.25) is 0 Å². The molecule has 0 unspecified atom stereocenters. The molecule has 1 fully saturated rings. The van der Waals surface area contributed by atoms with Gasteiger partial charge in [-0.05, 0) is 78.7 Å². The molecule has 2 aliphatic rings. The van der Waals surface area contributed by atoms with Gasteiger partial charge in [0.15, 0.2) is 0 Å². The molecule has 0 bridgehead atoms. The highest BCUT2D eigenvalue weighted by Gasteiger charge is 2.52.